The van der Waals surface area contributed by atoms with Crippen molar-refractivity contribution in [1.82, 2.24) is 4.31 Å². The first-order chi connectivity index (χ1) is 19.4. The van der Waals surface area contributed by atoms with Crippen LogP contribution in [0.5, 0.6) is 0 Å². The van der Waals surface area contributed by atoms with E-state index in [0.717, 1.165) is 16.7 Å². The van der Waals surface area contributed by atoms with E-state index < -0.39 is 33.3 Å². The lowest BCUT2D eigenvalue weighted by atomic mass is 9.61. The maximum atomic E-state index is 14.4. The number of benzene rings is 4. The van der Waals surface area contributed by atoms with Crippen LogP contribution in [0.25, 0.3) is 6.08 Å². The number of nitrogens with zero attached hydrogens (tertiary/aromatic N) is 3. The van der Waals surface area contributed by atoms with Gasteiger partial charge in [0.2, 0.25) is 10.0 Å². The van der Waals surface area contributed by atoms with Gasteiger partial charge in [0.15, 0.2) is 5.41 Å². The molecule has 3 atom stereocenters. The molecule has 4 aromatic rings. The number of rotatable bonds is 6. The second-order valence-electron chi connectivity index (χ2n) is 10.1. The molecule has 0 radical (unpaired) electrons. The molecule has 1 fully saturated rings. The summed E-state index contributed by atoms with van der Waals surface area (Å²) in [4.78, 5) is 0.133. The van der Waals surface area contributed by atoms with Crippen molar-refractivity contribution in [3.8, 4) is 12.1 Å². The van der Waals surface area contributed by atoms with E-state index in [1.165, 1.54) is 4.31 Å². The third kappa shape index (κ3) is 4.96. The van der Waals surface area contributed by atoms with Crippen LogP contribution in [-0.2, 0) is 10.0 Å². The Morgan fingerprint density at radius 2 is 1.30 bits per heavy atom. The van der Waals surface area contributed by atoms with Crippen molar-refractivity contribution in [2.24, 2.45) is 11.3 Å². The van der Waals surface area contributed by atoms with Crippen LogP contribution in [-0.4, -0.2) is 19.3 Å². The lowest BCUT2D eigenvalue weighted by molar-refractivity contribution is 0.101. The normalized spacial score (nSPS) is 20.9. The molecular weight excluding hydrogens is 514 g/mol. The number of hydrogen-bond acceptors (Lipinski definition) is 4. The third-order valence-corrected chi connectivity index (χ3v) is 9.54. The zero-order valence-corrected chi connectivity index (χ0v) is 22.9. The van der Waals surface area contributed by atoms with Crippen molar-refractivity contribution in [1.29, 1.82) is 10.5 Å². The number of aryl methyl sites for hydroxylation is 1. The highest BCUT2D eigenvalue weighted by molar-refractivity contribution is 7.89. The summed E-state index contributed by atoms with van der Waals surface area (Å²) in [5, 5.41) is 21.7. The van der Waals surface area contributed by atoms with Gasteiger partial charge in [0, 0.05) is 18.4 Å². The molecule has 0 amide bonds. The van der Waals surface area contributed by atoms with E-state index >= 15 is 0 Å². The highest BCUT2D eigenvalue weighted by Crippen LogP contribution is 2.55. The van der Waals surface area contributed by atoms with Gasteiger partial charge in [0.25, 0.3) is 0 Å². The largest absolute Gasteiger partial charge is 0.243 e. The Balaban J connectivity index is 1.76. The Labute approximate surface area is 236 Å². The monoisotopic (exact) mass is 543 g/mol. The van der Waals surface area contributed by atoms with Crippen LogP contribution in [0, 0.1) is 40.9 Å². The van der Waals surface area contributed by atoms with E-state index in [4.69, 9.17) is 0 Å². The summed E-state index contributed by atoms with van der Waals surface area (Å²) in [7, 11) is -4.09. The van der Waals surface area contributed by atoms with E-state index in [0.29, 0.717) is 5.56 Å². The summed E-state index contributed by atoms with van der Waals surface area (Å²) in [6.45, 7) is 2.00. The summed E-state index contributed by atoms with van der Waals surface area (Å²) in [5.74, 6) is -1.04. The Hall–Kier alpha value is -4.49. The van der Waals surface area contributed by atoms with Crippen LogP contribution in [0.15, 0.2) is 126 Å². The molecule has 0 bridgehead atoms. The lowest BCUT2D eigenvalue weighted by Crippen LogP contribution is -2.54. The van der Waals surface area contributed by atoms with Crippen LogP contribution in [0.4, 0.5) is 0 Å². The van der Waals surface area contributed by atoms with Gasteiger partial charge in [0.1, 0.15) is 0 Å². The number of nitriles is 2. The van der Waals surface area contributed by atoms with Gasteiger partial charge in [-0.2, -0.15) is 14.8 Å². The van der Waals surface area contributed by atoms with Crippen LogP contribution in [0.2, 0.25) is 0 Å². The Morgan fingerprint density at radius 1 is 0.775 bits per heavy atom. The molecule has 0 unspecified atom stereocenters. The van der Waals surface area contributed by atoms with E-state index in [1.807, 2.05) is 97.9 Å². The zero-order valence-electron chi connectivity index (χ0n) is 22.1. The second-order valence-corrected chi connectivity index (χ2v) is 12.0. The van der Waals surface area contributed by atoms with Crippen LogP contribution < -0.4 is 0 Å². The first kappa shape index (κ1) is 27.1. The van der Waals surface area contributed by atoms with Gasteiger partial charge in [-0.05, 0) is 35.7 Å². The number of allylic oxidation sites excluding steroid dienone is 1. The maximum Gasteiger partial charge on any atom is 0.243 e. The fourth-order valence-corrected chi connectivity index (χ4v) is 7.33. The molecule has 1 saturated heterocycles. The molecule has 0 aliphatic carbocycles. The minimum absolute atomic E-state index is 0.106. The van der Waals surface area contributed by atoms with E-state index in [9.17, 15) is 18.9 Å². The highest BCUT2D eigenvalue weighted by Gasteiger charge is 2.59. The highest BCUT2D eigenvalue weighted by atomic mass is 32.2. The Bertz CT molecular complexity index is 1660. The quantitative estimate of drug-likeness (QED) is 0.265. The zero-order chi connectivity index (χ0) is 28.2. The average molecular weight is 544 g/mol. The fourth-order valence-electron chi connectivity index (χ4n) is 5.66. The molecule has 0 N–H and O–H groups in total. The van der Waals surface area contributed by atoms with E-state index in [-0.39, 0.29) is 11.4 Å². The lowest BCUT2D eigenvalue weighted by Gasteiger charge is -2.49. The van der Waals surface area contributed by atoms with Crippen molar-refractivity contribution in [3.05, 3.63) is 144 Å². The van der Waals surface area contributed by atoms with Gasteiger partial charge in [-0.15, -0.1) is 0 Å². The minimum atomic E-state index is -4.09. The molecule has 5 nitrogen and oxygen atoms in total. The number of sulfonamides is 1. The molecule has 40 heavy (non-hydrogen) atoms. The molecule has 5 rings (SSSR count). The summed E-state index contributed by atoms with van der Waals surface area (Å²) < 4.78 is 30.1. The summed E-state index contributed by atoms with van der Waals surface area (Å²) in [5.41, 5.74) is 1.63. The summed E-state index contributed by atoms with van der Waals surface area (Å²) in [6.07, 6.45) is 3.85. The summed E-state index contributed by atoms with van der Waals surface area (Å²) in [6, 6.07) is 38.7. The van der Waals surface area contributed by atoms with Gasteiger partial charge in [-0.25, -0.2) is 8.42 Å². The molecular formula is C34H29N3O2S. The predicted octanol–water partition coefficient (Wildman–Crippen LogP) is 6.89. The number of piperidine rings is 1. The second kappa shape index (κ2) is 11.3. The van der Waals surface area contributed by atoms with Crippen molar-refractivity contribution in [2.45, 2.75) is 23.8 Å². The van der Waals surface area contributed by atoms with E-state index in [1.54, 1.807) is 36.4 Å². The van der Waals surface area contributed by atoms with Gasteiger partial charge in [0.05, 0.1) is 23.1 Å². The Kier molecular flexibility index (Phi) is 7.67. The average Bonchev–Trinajstić information content (AvgIpc) is 3.00. The van der Waals surface area contributed by atoms with Crippen molar-refractivity contribution < 1.29 is 8.42 Å². The van der Waals surface area contributed by atoms with Gasteiger partial charge >= 0.3 is 0 Å². The fraction of sp³-hybridized carbons (Fsp3) is 0.176. The van der Waals surface area contributed by atoms with Crippen molar-refractivity contribution in [3.63, 3.8) is 0 Å². The van der Waals surface area contributed by atoms with Gasteiger partial charge in [-0.3, -0.25) is 0 Å². The summed E-state index contributed by atoms with van der Waals surface area (Å²) >= 11 is 0. The van der Waals surface area contributed by atoms with Crippen molar-refractivity contribution in [2.75, 3.05) is 6.54 Å². The molecule has 0 spiro atoms. The molecule has 1 aliphatic rings. The van der Waals surface area contributed by atoms with E-state index in [2.05, 4.69) is 12.1 Å². The standard InChI is InChI=1S/C34H29N3O2S/c1-26-17-20-30(21-18-26)40(38,39)37-23-31(28-13-7-3-8-14-28)32(22-19-27-11-5-2-6-12-27)34(24-35,25-36)33(37)29-15-9-4-10-16-29/h2-22,31-33H,23H2,1H3/b22-19+/t31-,32+,33-/m0/s1. The van der Waals surface area contributed by atoms with Crippen LogP contribution in [0.1, 0.15) is 34.2 Å². The molecule has 198 valence electrons. The van der Waals surface area contributed by atoms with Crippen LogP contribution >= 0.6 is 0 Å². The third-order valence-electron chi connectivity index (χ3n) is 7.69. The molecule has 4 aromatic carbocycles. The number of hydrogen-bond donors (Lipinski definition) is 0. The van der Waals surface area contributed by atoms with Crippen LogP contribution in [0.3, 0.4) is 0 Å². The maximum absolute atomic E-state index is 14.4. The molecule has 1 heterocycles. The Morgan fingerprint density at radius 3 is 1.85 bits per heavy atom. The minimum Gasteiger partial charge on any atom is -0.207 e. The molecule has 1 aliphatic heterocycles. The predicted molar refractivity (Wildman–Crippen MR) is 156 cm³/mol. The molecule has 0 aromatic heterocycles. The van der Waals surface area contributed by atoms with Gasteiger partial charge in [-0.1, -0.05) is 121 Å². The first-order valence-corrected chi connectivity index (χ1v) is 14.6. The SMILES string of the molecule is Cc1ccc(S(=O)(=O)N2C[C@@H](c3ccccc3)[C@@H](/C=C/c3ccccc3)C(C#N)(C#N)[C@@H]2c2ccccc2)cc1. The first-order valence-electron chi connectivity index (χ1n) is 13.1. The molecule has 6 heteroatoms. The molecule has 0 saturated carbocycles. The van der Waals surface area contributed by atoms with Crippen molar-refractivity contribution >= 4 is 16.1 Å². The smallest absolute Gasteiger partial charge is 0.207 e. The topological polar surface area (TPSA) is 85.0 Å². The van der Waals surface area contributed by atoms with Gasteiger partial charge < -0.3 is 0 Å².